The number of esters is 1. The van der Waals surface area contributed by atoms with Gasteiger partial charge in [0.15, 0.2) is 0 Å². The van der Waals surface area contributed by atoms with Gasteiger partial charge in [-0.25, -0.2) is 18.4 Å². The van der Waals surface area contributed by atoms with Gasteiger partial charge >= 0.3 is 5.97 Å². The van der Waals surface area contributed by atoms with E-state index in [1.165, 1.54) is 30.2 Å². The molecule has 1 aromatic carbocycles. The fourth-order valence-electron chi connectivity index (χ4n) is 2.09. The van der Waals surface area contributed by atoms with Crippen molar-refractivity contribution in [3.63, 3.8) is 0 Å². The van der Waals surface area contributed by atoms with Crippen LogP contribution in [0.25, 0.3) is 0 Å². The molecule has 21 heavy (non-hydrogen) atoms. The number of benzene rings is 1. The Hall–Kier alpha value is -1.64. The summed E-state index contributed by atoms with van der Waals surface area (Å²) in [7, 11) is -2.59. The van der Waals surface area contributed by atoms with Crippen molar-refractivity contribution in [2.45, 2.75) is 11.7 Å². The van der Waals surface area contributed by atoms with Crippen LogP contribution < -0.4 is 10.0 Å². The van der Waals surface area contributed by atoms with Crippen LogP contribution in [0.15, 0.2) is 18.2 Å². The smallest absolute Gasteiger partial charge is 0.337 e. The third-order valence-electron chi connectivity index (χ3n) is 3.21. The van der Waals surface area contributed by atoms with Crippen molar-refractivity contribution in [2.24, 2.45) is 5.14 Å². The Morgan fingerprint density at radius 3 is 2.67 bits per heavy atom. The summed E-state index contributed by atoms with van der Waals surface area (Å²) in [6, 6.07) is 4.29. The van der Waals surface area contributed by atoms with Gasteiger partial charge in [-0.2, -0.15) is 0 Å². The molecule has 0 aliphatic carbocycles. The Bertz CT molecular complexity index is 704. The van der Waals surface area contributed by atoms with Gasteiger partial charge in [0.25, 0.3) is 0 Å². The fourth-order valence-corrected chi connectivity index (χ4v) is 3.04. The van der Waals surface area contributed by atoms with Crippen LogP contribution in [-0.2, 0) is 19.6 Å². The lowest BCUT2D eigenvalue weighted by Gasteiger charge is -2.18. The van der Waals surface area contributed by atoms with E-state index in [9.17, 15) is 18.0 Å². The number of halogens is 1. The van der Waals surface area contributed by atoms with Gasteiger partial charge in [-0.1, -0.05) is 11.6 Å². The summed E-state index contributed by atoms with van der Waals surface area (Å²) in [6.07, 6.45) is -0.211. The number of anilines is 1. The molecule has 1 saturated heterocycles. The molecule has 0 bridgehead atoms. The van der Waals surface area contributed by atoms with Crippen LogP contribution in [0.1, 0.15) is 16.8 Å². The Morgan fingerprint density at radius 2 is 2.14 bits per heavy atom. The fraction of sp³-hybridized carbons (Fsp3) is 0.333. The minimum absolute atomic E-state index is 0.0952. The summed E-state index contributed by atoms with van der Waals surface area (Å²) < 4.78 is 27.3. The first-order valence-electron chi connectivity index (χ1n) is 5.94. The lowest BCUT2D eigenvalue weighted by molar-refractivity contribution is -0.117. The molecule has 0 spiro atoms. The van der Waals surface area contributed by atoms with E-state index < -0.39 is 27.1 Å². The monoisotopic (exact) mass is 332 g/mol. The van der Waals surface area contributed by atoms with Crippen molar-refractivity contribution in [3.05, 3.63) is 28.8 Å². The molecule has 0 aromatic heterocycles. The largest absolute Gasteiger partial charge is 0.465 e. The van der Waals surface area contributed by atoms with Gasteiger partial charge in [-0.05, 0) is 18.2 Å². The maximum atomic E-state index is 12.0. The molecule has 1 aromatic rings. The van der Waals surface area contributed by atoms with E-state index in [1.54, 1.807) is 0 Å². The molecular weight excluding hydrogens is 320 g/mol. The summed E-state index contributed by atoms with van der Waals surface area (Å²) in [5.41, 5.74) is 0.472. The summed E-state index contributed by atoms with van der Waals surface area (Å²) in [6.45, 7) is -0.0952. The topological polar surface area (TPSA) is 107 Å². The van der Waals surface area contributed by atoms with Crippen LogP contribution in [0.3, 0.4) is 0 Å². The molecule has 7 nitrogen and oxygen atoms in total. The Labute approximate surface area is 126 Å². The Morgan fingerprint density at radius 1 is 1.48 bits per heavy atom. The van der Waals surface area contributed by atoms with Crippen molar-refractivity contribution in [1.29, 1.82) is 0 Å². The highest BCUT2D eigenvalue weighted by Crippen LogP contribution is 2.31. The molecule has 2 rings (SSSR count). The number of nitrogens with two attached hydrogens (primary N) is 1. The lowest BCUT2D eigenvalue weighted by Crippen LogP contribution is -2.32. The summed E-state index contributed by atoms with van der Waals surface area (Å²) in [5, 5.41) is 4.31. The molecule has 1 atom stereocenters. The summed E-state index contributed by atoms with van der Waals surface area (Å²) >= 11 is 6.02. The average Bonchev–Trinajstić information content (AvgIpc) is 2.80. The molecule has 1 aliphatic rings. The average molecular weight is 333 g/mol. The van der Waals surface area contributed by atoms with Crippen LogP contribution in [0.4, 0.5) is 5.69 Å². The second-order valence-corrected chi connectivity index (χ2v) is 6.83. The molecular formula is C12H13ClN2O5S. The van der Waals surface area contributed by atoms with E-state index in [0.29, 0.717) is 0 Å². The molecule has 114 valence electrons. The third-order valence-corrected chi connectivity index (χ3v) is 4.78. The third kappa shape index (κ3) is 3.17. The van der Waals surface area contributed by atoms with Gasteiger partial charge in [-0.3, -0.25) is 4.79 Å². The number of nitrogens with zero attached hydrogens (tertiary/aromatic N) is 1. The van der Waals surface area contributed by atoms with Gasteiger partial charge in [0, 0.05) is 13.0 Å². The van der Waals surface area contributed by atoms with Crippen molar-refractivity contribution >= 4 is 39.2 Å². The number of methoxy groups -OCH3 is 1. The highest BCUT2D eigenvalue weighted by molar-refractivity contribution is 7.89. The van der Waals surface area contributed by atoms with Crippen LogP contribution in [-0.4, -0.2) is 39.2 Å². The lowest BCUT2D eigenvalue weighted by atomic mass is 10.2. The van der Waals surface area contributed by atoms with E-state index in [1.807, 2.05) is 0 Å². The molecule has 9 heteroatoms. The molecule has 0 saturated carbocycles. The van der Waals surface area contributed by atoms with E-state index >= 15 is 0 Å². The normalized spacial score (nSPS) is 18.9. The van der Waals surface area contributed by atoms with Crippen LogP contribution in [0, 0.1) is 0 Å². The standard InChI is InChI=1S/C12H13ClN2O5S/c1-20-12(17)7-2-3-9(13)10(4-7)15-6-8(5-11(15)16)21(14,18)19/h2-4,8H,5-6H2,1H3,(H2,14,18,19). The number of carbonyl (C=O) groups excluding carboxylic acids is 2. The first-order chi connectivity index (χ1) is 9.74. The zero-order chi connectivity index (χ0) is 15.8. The number of hydrogen-bond acceptors (Lipinski definition) is 5. The number of ether oxygens (including phenoxy) is 1. The molecule has 1 aliphatic heterocycles. The maximum Gasteiger partial charge on any atom is 0.337 e. The molecule has 1 fully saturated rings. The quantitative estimate of drug-likeness (QED) is 0.812. The van der Waals surface area contributed by atoms with Crippen molar-refractivity contribution < 1.29 is 22.7 Å². The number of carbonyl (C=O) groups is 2. The molecule has 2 N–H and O–H groups in total. The highest BCUT2D eigenvalue weighted by Gasteiger charge is 2.38. The van der Waals surface area contributed by atoms with Crippen molar-refractivity contribution in [3.8, 4) is 0 Å². The van der Waals surface area contributed by atoms with Gasteiger partial charge in [-0.15, -0.1) is 0 Å². The Balaban J connectivity index is 2.38. The zero-order valence-corrected chi connectivity index (χ0v) is 12.6. The SMILES string of the molecule is COC(=O)c1ccc(Cl)c(N2CC(S(N)(=O)=O)CC2=O)c1. The van der Waals surface area contributed by atoms with E-state index in [-0.39, 0.29) is 29.2 Å². The van der Waals surface area contributed by atoms with Gasteiger partial charge < -0.3 is 9.64 Å². The predicted octanol–water partition coefficient (Wildman–Crippen LogP) is 0.520. The number of sulfonamides is 1. The van der Waals surface area contributed by atoms with Crippen LogP contribution in [0.5, 0.6) is 0 Å². The first-order valence-corrected chi connectivity index (χ1v) is 7.92. The second-order valence-electron chi connectivity index (χ2n) is 4.58. The number of rotatable bonds is 3. The number of hydrogen-bond donors (Lipinski definition) is 1. The van der Waals surface area contributed by atoms with E-state index in [0.717, 1.165) is 0 Å². The summed E-state index contributed by atoms with van der Waals surface area (Å²) in [5.74, 6) is -1.000. The first kappa shape index (κ1) is 15.7. The summed E-state index contributed by atoms with van der Waals surface area (Å²) in [4.78, 5) is 24.7. The molecule has 1 amide bonds. The van der Waals surface area contributed by atoms with Crippen LogP contribution in [0.2, 0.25) is 5.02 Å². The van der Waals surface area contributed by atoms with Crippen LogP contribution >= 0.6 is 11.6 Å². The van der Waals surface area contributed by atoms with Gasteiger partial charge in [0.05, 0.1) is 23.4 Å². The van der Waals surface area contributed by atoms with Gasteiger partial charge in [0.2, 0.25) is 15.9 Å². The Kier molecular flexibility index (Phi) is 4.22. The van der Waals surface area contributed by atoms with E-state index in [2.05, 4.69) is 4.74 Å². The molecule has 1 heterocycles. The number of primary sulfonamides is 1. The molecule has 0 radical (unpaired) electrons. The van der Waals surface area contributed by atoms with Gasteiger partial charge in [0.1, 0.15) is 5.25 Å². The highest BCUT2D eigenvalue weighted by atomic mass is 35.5. The minimum atomic E-state index is -3.82. The van der Waals surface area contributed by atoms with E-state index in [4.69, 9.17) is 16.7 Å². The van der Waals surface area contributed by atoms with Crippen molar-refractivity contribution in [1.82, 2.24) is 0 Å². The predicted molar refractivity (Wildman–Crippen MR) is 76.7 cm³/mol. The minimum Gasteiger partial charge on any atom is -0.465 e. The van der Waals surface area contributed by atoms with Crippen molar-refractivity contribution in [2.75, 3.05) is 18.6 Å². The maximum absolute atomic E-state index is 12.0. The second kappa shape index (κ2) is 5.63. The molecule has 1 unspecified atom stereocenters. The number of amides is 1. The zero-order valence-electron chi connectivity index (χ0n) is 11.1.